The summed E-state index contributed by atoms with van der Waals surface area (Å²) in [6, 6.07) is 0. The van der Waals surface area contributed by atoms with Crippen LogP contribution in [0, 0.1) is 5.92 Å². The van der Waals surface area contributed by atoms with E-state index in [4.69, 9.17) is 0 Å². The molecule has 0 bridgehead atoms. The topological polar surface area (TPSA) is 3.24 Å². The van der Waals surface area contributed by atoms with E-state index in [9.17, 15) is 0 Å². The molecular weight excluding hydrogens is 194 g/mol. The second-order valence-electron chi connectivity index (χ2n) is 4.50. The number of nitrogens with zero attached hydrogens (tertiary/aromatic N) is 1. The highest BCUT2D eigenvalue weighted by Gasteiger charge is 2.21. The highest BCUT2D eigenvalue weighted by Crippen LogP contribution is 2.35. The third-order valence-electron chi connectivity index (χ3n) is 3.28. The van der Waals surface area contributed by atoms with Crippen LogP contribution in [0.5, 0.6) is 0 Å². The van der Waals surface area contributed by atoms with Crippen molar-refractivity contribution in [2.45, 2.75) is 13.8 Å². The first kappa shape index (κ1) is 9.46. The Bertz CT molecular complexity index is 510. The fourth-order valence-electron chi connectivity index (χ4n) is 2.39. The summed E-state index contributed by atoms with van der Waals surface area (Å²) in [7, 11) is 0. The molecule has 1 aliphatic carbocycles. The summed E-state index contributed by atoms with van der Waals surface area (Å²) in [5.41, 5.74) is 5.37. The predicted molar refractivity (Wildman–Crippen MR) is 67.3 cm³/mol. The van der Waals surface area contributed by atoms with Gasteiger partial charge in [-0.05, 0) is 41.7 Å². The summed E-state index contributed by atoms with van der Waals surface area (Å²) in [6.07, 6.45) is 17.5. The fraction of sp³-hybridized carbons (Fsp3) is 0.200. The van der Waals surface area contributed by atoms with Gasteiger partial charge in [0.1, 0.15) is 0 Å². The summed E-state index contributed by atoms with van der Waals surface area (Å²) in [5, 5.41) is 0. The molecule has 0 saturated heterocycles. The zero-order valence-electron chi connectivity index (χ0n) is 9.64. The van der Waals surface area contributed by atoms with E-state index in [1.54, 1.807) is 0 Å². The van der Waals surface area contributed by atoms with Gasteiger partial charge in [-0.3, -0.25) is 0 Å². The van der Waals surface area contributed by atoms with Gasteiger partial charge in [-0.1, -0.05) is 31.2 Å². The van der Waals surface area contributed by atoms with Crippen molar-refractivity contribution in [3.05, 3.63) is 71.3 Å². The Balaban J connectivity index is 2.14. The minimum atomic E-state index is 0.539. The van der Waals surface area contributed by atoms with Crippen LogP contribution in [-0.4, -0.2) is 4.90 Å². The van der Waals surface area contributed by atoms with Crippen molar-refractivity contribution in [3.63, 3.8) is 0 Å². The molecule has 1 nitrogen and oxygen atoms in total. The molecule has 3 aliphatic rings. The minimum absolute atomic E-state index is 0.539. The van der Waals surface area contributed by atoms with Crippen molar-refractivity contribution in [1.82, 2.24) is 4.90 Å². The second-order valence-corrected chi connectivity index (χ2v) is 4.50. The maximum absolute atomic E-state index is 2.34. The van der Waals surface area contributed by atoms with Gasteiger partial charge in [-0.25, -0.2) is 0 Å². The molecule has 2 heterocycles. The molecule has 0 aromatic rings. The Labute approximate surface area is 96.5 Å². The lowest BCUT2D eigenvalue weighted by atomic mass is 9.87. The van der Waals surface area contributed by atoms with Gasteiger partial charge in [0.25, 0.3) is 0 Å². The Kier molecular flexibility index (Phi) is 2.00. The Morgan fingerprint density at radius 3 is 2.94 bits per heavy atom. The third-order valence-corrected chi connectivity index (χ3v) is 3.28. The summed E-state index contributed by atoms with van der Waals surface area (Å²) in [5.74, 6) is 0.539. The van der Waals surface area contributed by atoms with Gasteiger partial charge in [-0.15, -0.1) is 0 Å². The van der Waals surface area contributed by atoms with E-state index in [1.165, 1.54) is 22.4 Å². The molecule has 0 N–H and O–H groups in total. The molecule has 3 rings (SSSR count). The molecular formula is C15H15N. The molecule has 0 saturated carbocycles. The van der Waals surface area contributed by atoms with Gasteiger partial charge < -0.3 is 4.90 Å². The van der Waals surface area contributed by atoms with E-state index in [0.717, 1.165) is 0 Å². The molecule has 1 unspecified atom stereocenters. The summed E-state index contributed by atoms with van der Waals surface area (Å²) in [4.78, 5) is 2.20. The Morgan fingerprint density at radius 1 is 1.19 bits per heavy atom. The molecule has 0 fully saturated rings. The van der Waals surface area contributed by atoms with Crippen LogP contribution in [0.25, 0.3) is 0 Å². The number of hydrogen-bond donors (Lipinski definition) is 0. The fourth-order valence-corrected chi connectivity index (χ4v) is 2.39. The van der Waals surface area contributed by atoms with E-state index in [1.807, 2.05) is 0 Å². The first-order valence-electron chi connectivity index (χ1n) is 5.72. The van der Waals surface area contributed by atoms with Crippen LogP contribution < -0.4 is 0 Å². The van der Waals surface area contributed by atoms with E-state index < -0.39 is 0 Å². The monoisotopic (exact) mass is 209 g/mol. The molecule has 2 aliphatic heterocycles. The van der Waals surface area contributed by atoms with Gasteiger partial charge in [-0.2, -0.15) is 0 Å². The van der Waals surface area contributed by atoms with Gasteiger partial charge >= 0.3 is 0 Å². The molecule has 0 radical (unpaired) electrons. The maximum atomic E-state index is 2.34. The molecule has 0 aromatic heterocycles. The smallest absolute Gasteiger partial charge is 0.0484 e. The van der Waals surface area contributed by atoms with Gasteiger partial charge in [0.05, 0.1) is 0 Å². The number of fused-ring (bicyclic) bond motifs is 2. The van der Waals surface area contributed by atoms with Gasteiger partial charge in [0.2, 0.25) is 0 Å². The van der Waals surface area contributed by atoms with Crippen molar-refractivity contribution < 1.29 is 0 Å². The van der Waals surface area contributed by atoms with Crippen molar-refractivity contribution in [2.75, 3.05) is 0 Å². The van der Waals surface area contributed by atoms with E-state index in [0.29, 0.717) is 5.92 Å². The van der Waals surface area contributed by atoms with Crippen LogP contribution in [0.4, 0.5) is 0 Å². The molecule has 16 heavy (non-hydrogen) atoms. The minimum Gasteiger partial charge on any atom is -0.323 e. The highest BCUT2D eigenvalue weighted by molar-refractivity contribution is 5.60. The Morgan fingerprint density at radius 2 is 2.06 bits per heavy atom. The molecule has 1 atom stereocenters. The predicted octanol–water partition coefficient (Wildman–Crippen LogP) is 3.68. The van der Waals surface area contributed by atoms with E-state index >= 15 is 0 Å². The largest absolute Gasteiger partial charge is 0.323 e. The lowest BCUT2D eigenvalue weighted by molar-refractivity contribution is 0.622. The molecule has 1 heteroatoms. The average Bonchev–Trinajstić information content (AvgIpc) is 2.31. The summed E-state index contributed by atoms with van der Waals surface area (Å²) < 4.78 is 0. The van der Waals surface area contributed by atoms with Crippen LogP contribution in [-0.2, 0) is 0 Å². The molecule has 0 spiro atoms. The molecule has 0 amide bonds. The van der Waals surface area contributed by atoms with Crippen molar-refractivity contribution in [1.29, 1.82) is 0 Å². The number of hydrogen-bond acceptors (Lipinski definition) is 1. The highest BCUT2D eigenvalue weighted by atomic mass is 15.1. The van der Waals surface area contributed by atoms with Crippen LogP contribution in [0.15, 0.2) is 71.3 Å². The van der Waals surface area contributed by atoms with Crippen molar-refractivity contribution in [2.24, 2.45) is 5.92 Å². The average molecular weight is 209 g/mol. The van der Waals surface area contributed by atoms with Gasteiger partial charge in [0.15, 0.2) is 0 Å². The summed E-state index contributed by atoms with van der Waals surface area (Å²) >= 11 is 0. The quantitative estimate of drug-likeness (QED) is 0.588. The third kappa shape index (κ3) is 1.32. The van der Waals surface area contributed by atoms with E-state index in [2.05, 4.69) is 67.6 Å². The standard InChI is InChI=1S/C15H15N/c1-11-6-7-13-10-16-8-4-3-5-15(16)12(2)14(13)9-11/h3-11H,1-2H3. The lowest BCUT2D eigenvalue weighted by Crippen LogP contribution is -2.19. The Hall–Kier alpha value is -1.76. The number of rotatable bonds is 0. The maximum Gasteiger partial charge on any atom is 0.0484 e. The lowest BCUT2D eigenvalue weighted by Gasteiger charge is -2.31. The van der Waals surface area contributed by atoms with E-state index in [-0.39, 0.29) is 0 Å². The molecule has 80 valence electrons. The van der Waals surface area contributed by atoms with Crippen molar-refractivity contribution >= 4 is 0 Å². The SMILES string of the molecule is CC1=C2C=CC=CN2C=C2C=CC(C)C=C21. The number of allylic oxidation sites excluding steroid dienone is 9. The summed E-state index contributed by atoms with van der Waals surface area (Å²) in [6.45, 7) is 4.43. The van der Waals surface area contributed by atoms with Gasteiger partial charge in [0, 0.05) is 18.1 Å². The van der Waals surface area contributed by atoms with Crippen LogP contribution in [0.2, 0.25) is 0 Å². The normalized spacial score (nSPS) is 26.4. The second kappa shape index (κ2) is 3.38. The van der Waals surface area contributed by atoms with Crippen LogP contribution in [0.1, 0.15) is 13.8 Å². The van der Waals surface area contributed by atoms with Crippen LogP contribution >= 0.6 is 0 Å². The first-order chi connectivity index (χ1) is 7.75. The van der Waals surface area contributed by atoms with Crippen LogP contribution in [0.3, 0.4) is 0 Å². The zero-order chi connectivity index (χ0) is 11.1. The zero-order valence-corrected chi connectivity index (χ0v) is 9.64. The first-order valence-corrected chi connectivity index (χ1v) is 5.72. The molecule has 0 aromatic carbocycles. The van der Waals surface area contributed by atoms with Crippen molar-refractivity contribution in [3.8, 4) is 0 Å².